The molecule has 25 heavy (non-hydrogen) atoms. The molecule has 2 heterocycles. The number of nitrogens with one attached hydrogen (secondary N) is 1. The number of hydrogen-bond acceptors (Lipinski definition) is 4. The van der Waals surface area contributed by atoms with Crippen LogP contribution in [0.1, 0.15) is 36.7 Å². The zero-order chi connectivity index (χ0) is 17.6. The zero-order valence-electron chi connectivity index (χ0n) is 14.0. The summed E-state index contributed by atoms with van der Waals surface area (Å²) in [5, 5.41) is 17.1. The first-order valence-corrected chi connectivity index (χ1v) is 9.26. The molecule has 2 atom stereocenters. The lowest BCUT2D eigenvalue weighted by Crippen LogP contribution is -2.32. The molecule has 3 aromatic rings. The topological polar surface area (TPSA) is 62.5 Å². The lowest BCUT2D eigenvalue weighted by Gasteiger charge is -2.16. The molecular weight excluding hydrogens is 334 g/mol. The molecule has 0 saturated carbocycles. The Morgan fingerprint density at radius 3 is 2.68 bits per heavy atom. The van der Waals surface area contributed by atoms with Crippen molar-refractivity contribution in [2.24, 2.45) is 0 Å². The van der Waals surface area contributed by atoms with Crippen LogP contribution in [-0.2, 0) is 4.79 Å². The summed E-state index contributed by atoms with van der Waals surface area (Å²) < 4.78 is 5.70. The lowest BCUT2D eigenvalue weighted by molar-refractivity contribution is -0.123. The van der Waals surface area contributed by atoms with Crippen LogP contribution >= 0.6 is 11.3 Å². The van der Waals surface area contributed by atoms with Gasteiger partial charge >= 0.3 is 0 Å². The summed E-state index contributed by atoms with van der Waals surface area (Å²) in [5.41, 5.74) is 1.97. The minimum absolute atomic E-state index is 0.0858. The van der Waals surface area contributed by atoms with Gasteiger partial charge in [0.15, 0.2) is 0 Å². The molecule has 1 aromatic carbocycles. The van der Waals surface area contributed by atoms with Crippen LogP contribution in [0.3, 0.4) is 0 Å². The predicted molar refractivity (Wildman–Crippen MR) is 99.5 cm³/mol. The third-order valence-electron chi connectivity index (χ3n) is 4.16. The molecule has 0 spiro atoms. The van der Waals surface area contributed by atoms with Gasteiger partial charge in [-0.15, -0.1) is 0 Å². The van der Waals surface area contributed by atoms with Gasteiger partial charge in [0.25, 0.3) is 0 Å². The quantitative estimate of drug-likeness (QED) is 0.662. The second-order valence-electron chi connectivity index (χ2n) is 5.85. The van der Waals surface area contributed by atoms with Crippen molar-refractivity contribution in [2.45, 2.75) is 25.4 Å². The monoisotopic (exact) mass is 355 g/mol. The first kappa shape index (κ1) is 17.5. The molecule has 3 rings (SSSR count). The average Bonchev–Trinajstić information content (AvgIpc) is 3.32. The van der Waals surface area contributed by atoms with Crippen molar-refractivity contribution < 1.29 is 14.3 Å². The van der Waals surface area contributed by atoms with E-state index in [0.717, 1.165) is 16.9 Å². The Morgan fingerprint density at radius 1 is 1.20 bits per heavy atom. The van der Waals surface area contributed by atoms with Crippen molar-refractivity contribution >= 4 is 17.2 Å². The Labute approximate surface area is 151 Å². The molecule has 0 fully saturated rings. The van der Waals surface area contributed by atoms with E-state index in [4.69, 9.17) is 4.42 Å². The maximum Gasteiger partial charge on any atom is 0.227 e. The Morgan fingerprint density at radius 2 is 2.00 bits per heavy atom. The van der Waals surface area contributed by atoms with Crippen LogP contribution in [0.5, 0.6) is 0 Å². The second-order valence-corrected chi connectivity index (χ2v) is 6.63. The summed E-state index contributed by atoms with van der Waals surface area (Å²) in [6.45, 7) is 2.10. The number of aliphatic hydroxyl groups is 1. The van der Waals surface area contributed by atoms with Crippen LogP contribution in [0.2, 0.25) is 0 Å². The number of hydrogen-bond donors (Lipinski definition) is 2. The summed E-state index contributed by atoms with van der Waals surface area (Å²) in [7, 11) is 0. The number of benzene rings is 1. The highest BCUT2D eigenvalue weighted by Crippen LogP contribution is 2.27. The van der Waals surface area contributed by atoms with E-state index in [2.05, 4.69) is 5.32 Å². The summed E-state index contributed by atoms with van der Waals surface area (Å²) in [6.07, 6.45) is -0.167. The van der Waals surface area contributed by atoms with E-state index in [0.29, 0.717) is 12.2 Å². The largest absolute Gasteiger partial charge is 0.458 e. The van der Waals surface area contributed by atoms with Gasteiger partial charge in [0.1, 0.15) is 17.6 Å². The van der Waals surface area contributed by atoms with Gasteiger partial charge in [-0.05, 0) is 35.6 Å². The minimum Gasteiger partial charge on any atom is -0.458 e. The number of carbonyl (C=O) groups excluding carboxylic acids is 1. The Bertz CT molecular complexity index is 795. The van der Waals surface area contributed by atoms with E-state index in [9.17, 15) is 9.90 Å². The van der Waals surface area contributed by atoms with Crippen LogP contribution in [0.25, 0.3) is 11.3 Å². The fraction of sp³-hybridized carbons (Fsp3) is 0.250. The molecule has 0 unspecified atom stereocenters. The first-order valence-electron chi connectivity index (χ1n) is 8.32. The van der Waals surface area contributed by atoms with Gasteiger partial charge in [-0.3, -0.25) is 4.79 Å². The van der Waals surface area contributed by atoms with E-state index < -0.39 is 6.10 Å². The predicted octanol–water partition coefficient (Wildman–Crippen LogP) is 4.35. The van der Waals surface area contributed by atoms with Crippen LogP contribution in [0.15, 0.2) is 63.7 Å². The van der Waals surface area contributed by atoms with Crippen LogP contribution in [0.4, 0.5) is 0 Å². The third-order valence-corrected chi connectivity index (χ3v) is 4.84. The van der Waals surface area contributed by atoms with Gasteiger partial charge in [0.05, 0.1) is 12.5 Å². The molecule has 130 valence electrons. The molecule has 0 saturated heterocycles. The molecule has 0 aliphatic heterocycles. The van der Waals surface area contributed by atoms with Gasteiger partial charge in [-0.25, -0.2) is 0 Å². The normalized spacial score (nSPS) is 13.4. The van der Waals surface area contributed by atoms with E-state index in [1.165, 1.54) is 0 Å². The Hall–Kier alpha value is -2.37. The van der Waals surface area contributed by atoms with Crippen LogP contribution < -0.4 is 5.32 Å². The smallest absolute Gasteiger partial charge is 0.227 e. The van der Waals surface area contributed by atoms with E-state index in [1.54, 1.807) is 17.4 Å². The van der Waals surface area contributed by atoms with Gasteiger partial charge in [0.2, 0.25) is 5.91 Å². The highest BCUT2D eigenvalue weighted by atomic mass is 32.1. The lowest BCUT2D eigenvalue weighted by atomic mass is 9.95. The van der Waals surface area contributed by atoms with Gasteiger partial charge < -0.3 is 14.8 Å². The number of furan rings is 1. The van der Waals surface area contributed by atoms with Crippen LogP contribution in [-0.4, -0.2) is 17.6 Å². The van der Waals surface area contributed by atoms with E-state index >= 15 is 0 Å². The Kier molecular flexibility index (Phi) is 5.68. The molecule has 2 N–H and O–H groups in total. The molecular formula is C20H21NO3S. The fourth-order valence-corrected chi connectivity index (χ4v) is 3.42. The number of amides is 1. The summed E-state index contributed by atoms with van der Waals surface area (Å²) >= 11 is 1.59. The van der Waals surface area contributed by atoms with Gasteiger partial charge in [0, 0.05) is 10.9 Å². The molecule has 0 bridgehead atoms. The summed E-state index contributed by atoms with van der Waals surface area (Å²) in [4.78, 5) is 12.5. The summed E-state index contributed by atoms with van der Waals surface area (Å²) in [5.74, 6) is 0.871. The van der Waals surface area contributed by atoms with Crippen molar-refractivity contribution in [2.75, 3.05) is 6.54 Å². The maximum absolute atomic E-state index is 12.5. The molecule has 5 heteroatoms. The third kappa shape index (κ3) is 4.18. The van der Waals surface area contributed by atoms with Crippen molar-refractivity contribution in [3.05, 3.63) is 70.6 Å². The SMILES string of the molecule is CC[C@@H](C(=O)NC[C@@H](O)c1ccc(-c2ccsc2)o1)c1ccccc1. The minimum atomic E-state index is -0.871. The van der Waals surface area contributed by atoms with Crippen molar-refractivity contribution in [1.82, 2.24) is 5.32 Å². The molecule has 4 nitrogen and oxygen atoms in total. The maximum atomic E-state index is 12.5. The highest BCUT2D eigenvalue weighted by molar-refractivity contribution is 7.08. The van der Waals surface area contributed by atoms with Crippen molar-refractivity contribution in [1.29, 1.82) is 0 Å². The molecule has 2 aromatic heterocycles. The second kappa shape index (κ2) is 8.14. The number of carbonyl (C=O) groups is 1. The number of rotatable bonds is 7. The van der Waals surface area contributed by atoms with E-state index in [-0.39, 0.29) is 18.4 Å². The number of thiophene rings is 1. The highest BCUT2D eigenvalue weighted by Gasteiger charge is 2.20. The molecule has 0 aliphatic rings. The van der Waals surface area contributed by atoms with Crippen molar-refractivity contribution in [3.63, 3.8) is 0 Å². The summed E-state index contributed by atoms with van der Waals surface area (Å²) in [6, 6.07) is 15.2. The van der Waals surface area contributed by atoms with Gasteiger partial charge in [-0.2, -0.15) is 11.3 Å². The van der Waals surface area contributed by atoms with Crippen molar-refractivity contribution in [3.8, 4) is 11.3 Å². The van der Waals surface area contributed by atoms with E-state index in [1.807, 2.05) is 60.1 Å². The standard InChI is InChI=1S/C20H21NO3S/c1-2-16(14-6-4-3-5-7-14)20(23)21-12-17(22)19-9-8-18(24-19)15-10-11-25-13-15/h3-11,13,16-17,22H,2,12H2,1H3,(H,21,23)/t16-,17-/m1/s1. The molecule has 1 amide bonds. The van der Waals surface area contributed by atoms with Gasteiger partial charge in [-0.1, -0.05) is 37.3 Å². The number of aliphatic hydroxyl groups excluding tert-OH is 1. The first-order chi connectivity index (χ1) is 12.2. The van der Waals surface area contributed by atoms with Crippen LogP contribution in [0, 0.1) is 0 Å². The molecule has 0 radical (unpaired) electrons. The Balaban J connectivity index is 1.60. The molecule has 0 aliphatic carbocycles. The zero-order valence-corrected chi connectivity index (χ0v) is 14.8. The fourth-order valence-electron chi connectivity index (χ4n) is 2.77. The average molecular weight is 355 g/mol.